The average Bonchev–Trinajstić information content (AvgIpc) is 2.98. The van der Waals surface area contributed by atoms with Crippen LogP contribution in [0.5, 0.6) is 0 Å². The van der Waals surface area contributed by atoms with Crippen molar-refractivity contribution in [1.82, 2.24) is 10.9 Å². The molecule has 4 nitrogen and oxygen atoms in total. The Morgan fingerprint density at radius 2 is 1.79 bits per heavy atom. The fraction of sp³-hybridized carbons (Fsp3) is 0.143. The van der Waals surface area contributed by atoms with Gasteiger partial charge in [-0.2, -0.15) is 0 Å². The van der Waals surface area contributed by atoms with Crippen molar-refractivity contribution in [3.63, 3.8) is 0 Å². The molecule has 1 aromatic carbocycles. The highest BCUT2D eigenvalue weighted by Crippen LogP contribution is 2.07. The molecule has 2 N–H and O–H groups in total. The number of carbonyl (C=O) groups is 2. The predicted molar refractivity (Wildman–Crippen MR) is 74.7 cm³/mol. The molecule has 0 aliphatic heterocycles. The molecule has 0 spiro atoms. The highest BCUT2D eigenvalue weighted by atomic mass is 32.1. The molecular weight excluding hydrogens is 260 g/mol. The lowest BCUT2D eigenvalue weighted by atomic mass is 10.1. The second kappa shape index (κ2) is 6.70. The van der Waals surface area contributed by atoms with Crippen LogP contribution in [0.2, 0.25) is 0 Å². The molecule has 2 amide bonds. The van der Waals surface area contributed by atoms with Gasteiger partial charge in [0.2, 0.25) is 5.91 Å². The van der Waals surface area contributed by atoms with Gasteiger partial charge in [-0.25, -0.2) is 0 Å². The third-order valence-corrected chi connectivity index (χ3v) is 3.41. The van der Waals surface area contributed by atoms with Gasteiger partial charge >= 0.3 is 0 Å². The topological polar surface area (TPSA) is 58.2 Å². The summed E-state index contributed by atoms with van der Waals surface area (Å²) in [6, 6.07) is 13.2. The monoisotopic (exact) mass is 274 g/mol. The molecule has 0 saturated carbocycles. The van der Waals surface area contributed by atoms with Crippen molar-refractivity contribution in [1.29, 1.82) is 0 Å². The molecule has 0 saturated heterocycles. The van der Waals surface area contributed by atoms with Crippen molar-refractivity contribution in [2.24, 2.45) is 0 Å². The fourth-order valence-electron chi connectivity index (χ4n) is 1.56. The molecule has 0 aliphatic rings. The summed E-state index contributed by atoms with van der Waals surface area (Å²) >= 11 is 1.33. The summed E-state index contributed by atoms with van der Waals surface area (Å²) in [5, 5.41) is 1.81. The number of amides is 2. The maximum Gasteiger partial charge on any atom is 0.279 e. The zero-order chi connectivity index (χ0) is 13.5. The lowest BCUT2D eigenvalue weighted by molar-refractivity contribution is -0.121. The van der Waals surface area contributed by atoms with Crippen LogP contribution in [0.3, 0.4) is 0 Å². The number of benzene rings is 1. The van der Waals surface area contributed by atoms with Crippen LogP contribution in [0.1, 0.15) is 21.7 Å². The van der Waals surface area contributed by atoms with Gasteiger partial charge in [0, 0.05) is 6.42 Å². The van der Waals surface area contributed by atoms with E-state index in [9.17, 15) is 9.59 Å². The third-order valence-electron chi connectivity index (χ3n) is 2.54. The summed E-state index contributed by atoms with van der Waals surface area (Å²) in [5.74, 6) is -0.489. The summed E-state index contributed by atoms with van der Waals surface area (Å²) in [7, 11) is 0. The lowest BCUT2D eigenvalue weighted by Crippen LogP contribution is -2.41. The average molecular weight is 274 g/mol. The second-order valence-electron chi connectivity index (χ2n) is 3.97. The van der Waals surface area contributed by atoms with E-state index >= 15 is 0 Å². The van der Waals surface area contributed by atoms with E-state index in [1.807, 2.05) is 35.7 Å². The first-order chi connectivity index (χ1) is 9.25. The van der Waals surface area contributed by atoms with Gasteiger partial charge in [0.25, 0.3) is 5.91 Å². The summed E-state index contributed by atoms with van der Waals surface area (Å²) in [4.78, 5) is 23.7. The molecule has 19 heavy (non-hydrogen) atoms. The van der Waals surface area contributed by atoms with E-state index in [0.717, 1.165) is 5.56 Å². The summed E-state index contributed by atoms with van der Waals surface area (Å²) in [6.45, 7) is 0. The van der Waals surface area contributed by atoms with Crippen molar-refractivity contribution in [2.45, 2.75) is 12.8 Å². The zero-order valence-electron chi connectivity index (χ0n) is 10.3. The van der Waals surface area contributed by atoms with Gasteiger partial charge in [-0.1, -0.05) is 36.4 Å². The Balaban J connectivity index is 1.72. The molecule has 0 atom stereocenters. The minimum Gasteiger partial charge on any atom is -0.273 e. The van der Waals surface area contributed by atoms with E-state index in [1.165, 1.54) is 11.3 Å². The SMILES string of the molecule is O=C(CCc1ccccc1)NNC(=O)c1cccs1. The zero-order valence-corrected chi connectivity index (χ0v) is 11.1. The molecule has 2 aromatic rings. The molecule has 2 rings (SSSR count). The number of hydrogen-bond acceptors (Lipinski definition) is 3. The van der Waals surface area contributed by atoms with Gasteiger partial charge in [0.15, 0.2) is 0 Å². The molecule has 0 aliphatic carbocycles. The highest BCUT2D eigenvalue weighted by Gasteiger charge is 2.07. The first-order valence-corrected chi connectivity index (χ1v) is 6.80. The van der Waals surface area contributed by atoms with Crippen molar-refractivity contribution < 1.29 is 9.59 Å². The van der Waals surface area contributed by atoms with Crippen molar-refractivity contribution in [2.75, 3.05) is 0 Å². The molecule has 5 heteroatoms. The predicted octanol–water partition coefficient (Wildman–Crippen LogP) is 2.14. The smallest absolute Gasteiger partial charge is 0.273 e. The molecule has 1 heterocycles. The van der Waals surface area contributed by atoms with Gasteiger partial charge in [-0.15, -0.1) is 11.3 Å². The van der Waals surface area contributed by atoms with E-state index in [0.29, 0.717) is 17.7 Å². The third kappa shape index (κ3) is 4.22. The molecule has 1 aromatic heterocycles. The second-order valence-corrected chi connectivity index (χ2v) is 4.91. The molecule has 0 unspecified atom stereocenters. The standard InChI is InChI=1S/C14H14N2O2S/c17-13(9-8-11-5-2-1-3-6-11)15-16-14(18)12-7-4-10-19-12/h1-7,10H,8-9H2,(H,15,17)(H,16,18). The Morgan fingerprint density at radius 1 is 1.00 bits per heavy atom. The van der Waals surface area contributed by atoms with Gasteiger partial charge < -0.3 is 0 Å². The van der Waals surface area contributed by atoms with Gasteiger partial charge in [-0.05, 0) is 23.4 Å². The summed E-state index contributed by atoms with van der Waals surface area (Å²) < 4.78 is 0. The van der Waals surface area contributed by atoms with E-state index in [1.54, 1.807) is 12.1 Å². The number of rotatable bonds is 4. The number of carbonyl (C=O) groups excluding carboxylic acids is 2. The fourth-order valence-corrected chi connectivity index (χ4v) is 2.18. The largest absolute Gasteiger partial charge is 0.279 e. The van der Waals surface area contributed by atoms with Crippen LogP contribution in [0.25, 0.3) is 0 Å². The van der Waals surface area contributed by atoms with Crippen LogP contribution in [0.15, 0.2) is 47.8 Å². The summed E-state index contributed by atoms with van der Waals surface area (Å²) in [6.07, 6.45) is 0.996. The Kier molecular flexibility index (Phi) is 4.69. The van der Waals surface area contributed by atoms with Crippen molar-refractivity contribution >= 4 is 23.2 Å². The molecular formula is C14H14N2O2S. The van der Waals surface area contributed by atoms with Crippen LogP contribution in [0.4, 0.5) is 0 Å². The van der Waals surface area contributed by atoms with Crippen molar-refractivity contribution in [3.05, 3.63) is 58.3 Å². The summed E-state index contributed by atoms with van der Waals surface area (Å²) in [5.41, 5.74) is 5.90. The Morgan fingerprint density at radius 3 is 2.47 bits per heavy atom. The minimum atomic E-state index is -0.289. The van der Waals surface area contributed by atoms with Gasteiger partial charge in [0.1, 0.15) is 0 Å². The maximum absolute atomic E-state index is 11.6. The highest BCUT2D eigenvalue weighted by molar-refractivity contribution is 7.12. The Hall–Kier alpha value is -2.14. The maximum atomic E-state index is 11.6. The first kappa shape index (κ1) is 13.3. The number of nitrogens with one attached hydrogen (secondary N) is 2. The van der Waals surface area contributed by atoms with E-state index < -0.39 is 0 Å². The van der Waals surface area contributed by atoms with Gasteiger partial charge in [0.05, 0.1) is 4.88 Å². The molecule has 0 radical (unpaired) electrons. The Bertz CT molecular complexity index is 538. The molecule has 98 valence electrons. The minimum absolute atomic E-state index is 0.200. The number of thiophene rings is 1. The normalized spacial score (nSPS) is 9.89. The van der Waals surface area contributed by atoms with Crippen molar-refractivity contribution in [3.8, 4) is 0 Å². The number of hydrazine groups is 1. The Labute approximate surface area is 115 Å². The lowest BCUT2D eigenvalue weighted by Gasteiger charge is -2.06. The van der Waals surface area contributed by atoms with Gasteiger partial charge in [-0.3, -0.25) is 20.4 Å². The quantitative estimate of drug-likeness (QED) is 0.839. The number of aryl methyl sites for hydroxylation is 1. The van der Waals surface area contributed by atoms with Crippen LogP contribution < -0.4 is 10.9 Å². The van der Waals surface area contributed by atoms with Crippen LogP contribution in [-0.4, -0.2) is 11.8 Å². The first-order valence-electron chi connectivity index (χ1n) is 5.92. The van der Waals surface area contributed by atoms with E-state index in [4.69, 9.17) is 0 Å². The van der Waals surface area contributed by atoms with Crippen LogP contribution in [0, 0.1) is 0 Å². The molecule has 0 fully saturated rings. The molecule has 0 bridgehead atoms. The van der Waals surface area contributed by atoms with E-state index in [2.05, 4.69) is 10.9 Å². The van der Waals surface area contributed by atoms with E-state index in [-0.39, 0.29) is 11.8 Å². The van der Waals surface area contributed by atoms with Crippen LogP contribution in [-0.2, 0) is 11.2 Å². The van der Waals surface area contributed by atoms with Crippen LogP contribution >= 0.6 is 11.3 Å². The number of hydrogen-bond donors (Lipinski definition) is 2.